The van der Waals surface area contributed by atoms with E-state index in [2.05, 4.69) is 19.2 Å². The highest BCUT2D eigenvalue weighted by molar-refractivity contribution is 7.99. The Morgan fingerprint density at radius 1 is 1.25 bits per heavy atom. The molecule has 0 amide bonds. The molecule has 3 unspecified atom stereocenters. The second-order valence-electron chi connectivity index (χ2n) is 5.15. The zero-order valence-corrected chi connectivity index (χ0v) is 11.6. The van der Waals surface area contributed by atoms with Crippen LogP contribution in [0.25, 0.3) is 0 Å². The minimum atomic E-state index is 0.331. The third-order valence-corrected chi connectivity index (χ3v) is 4.60. The van der Waals surface area contributed by atoms with Crippen LogP contribution in [0.15, 0.2) is 0 Å². The van der Waals surface area contributed by atoms with E-state index in [0.29, 0.717) is 6.61 Å². The molecule has 0 aromatic rings. The maximum atomic E-state index is 8.66. The Hall–Kier alpha value is 0.270. The van der Waals surface area contributed by atoms with Crippen LogP contribution in [-0.4, -0.2) is 35.8 Å². The molecule has 1 aliphatic carbocycles. The minimum Gasteiger partial charge on any atom is -0.396 e. The maximum absolute atomic E-state index is 8.66. The lowest BCUT2D eigenvalue weighted by Crippen LogP contribution is -2.40. The van der Waals surface area contributed by atoms with E-state index in [1.807, 2.05) is 11.8 Å². The van der Waals surface area contributed by atoms with Crippen LogP contribution >= 0.6 is 11.8 Å². The highest BCUT2D eigenvalue weighted by atomic mass is 32.2. The second kappa shape index (κ2) is 8.37. The van der Waals surface area contributed by atoms with Gasteiger partial charge in [0.2, 0.25) is 0 Å². The average molecular weight is 245 g/mol. The molecule has 1 rings (SSSR count). The summed E-state index contributed by atoms with van der Waals surface area (Å²) in [7, 11) is 0. The van der Waals surface area contributed by atoms with E-state index in [0.717, 1.165) is 36.6 Å². The number of aliphatic hydroxyl groups is 1. The van der Waals surface area contributed by atoms with E-state index in [1.54, 1.807) is 0 Å². The van der Waals surface area contributed by atoms with Gasteiger partial charge >= 0.3 is 0 Å². The summed E-state index contributed by atoms with van der Waals surface area (Å²) >= 11 is 1.95. The molecule has 3 heteroatoms. The van der Waals surface area contributed by atoms with E-state index < -0.39 is 0 Å². The first-order valence-corrected chi connectivity index (χ1v) is 7.81. The van der Waals surface area contributed by atoms with Crippen LogP contribution in [0.5, 0.6) is 0 Å². The van der Waals surface area contributed by atoms with E-state index >= 15 is 0 Å². The summed E-state index contributed by atoms with van der Waals surface area (Å²) in [5.74, 6) is 4.03. The minimum absolute atomic E-state index is 0.331. The molecule has 0 heterocycles. The smallest absolute Gasteiger partial charge is 0.0438 e. The molecule has 0 saturated heterocycles. The van der Waals surface area contributed by atoms with Gasteiger partial charge in [-0.1, -0.05) is 13.8 Å². The molecule has 0 spiro atoms. The number of hydrogen-bond donors (Lipinski definition) is 2. The van der Waals surface area contributed by atoms with Crippen LogP contribution < -0.4 is 5.32 Å². The van der Waals surface area contributed by atoms with Crippen LogP contribution in [0.1, 0.15) is 39.5 Å². The fourth-order valence-electron chi connectivity index (χ4n) is 2.55. The van der Waals surface area contributed by atoms with Gasteiger partial charge < -0.3 is 10.4 Å². The van der Waals surface area contributed by atoms with Crippen LogP contribution in [0.2, 0.25) is 0 Å². The van der Waals surface area contributed by atoms with Crippen molar-refractivity contribution in [1.82, 2.24) is 5.32 Å². The summed E-state index contributed by atoms with van der Waals surface area (Å²) in [6.07, 6.45) is 5.06. The molecule has 0 bridgehead atoms. The summed E-state index contributed by atoms with van der Waals surface area (Å²) < 4.78 is 0. The Balaban J connectivity index is 2.00. The fraction of sp³-hybridized carbons (Fsp3) is 1.00. The van der Waals surface area contributed by atoms with Crippen molar-refractivity contribution in [2.24, 2.45) is 11.8 Å². The zero-order chi connectivity index (χ0) is 11.8. The van der Waals surface area contributed by atoms with Gasteiger partial charge in [0.05, 0.1) is 0 Å². The Morgan fingerprint density at radius 3 is 2.75 bits per heavy atom. The van der Waals surface area contributed by atoms with Gasteiger partial charge in [0.1, 0.15) is 0 Å². The van der Waals surface area contributed by atoms with Crippen molar-refractivity contribution in [1.29, 1.82) is 0 Å². The molecule has 0 aromatic carbocycles. The van der Waals surface area contributed by atoms with E-state index in [-0.39, 0.29) is 0 Å². The normalized spacial score (nSPS) is 30.6. The standard InChI is InChI=1S/C13H27NOS/c1-11-4-5-13(12(2)10-11)14-6-9-16-8-3-7-15/h11-15H,3-10H2,1-2H3. The predicted octanol–water partition coefficient (Wildman–Crippen LogP) is 2.52. The first-order valence-electron chi connectivity index (χ1n) is 6.66. The molecule has 3 atom stereocenters. The van der Waals surface area contributed by atoms with Crippen LogP contribution in [0.3, 0.4) is 0 Å². The van der Waals surface area contributed by atoms with Gasteiger partial charge in [0, 0.05) is 24.9 Å². The number of hydrogen-bond acceptors (Lipinski definition) is 3. The Labute approximate surface area is 105 Å². The van der Waals surface area contributed by atoms with Crippen molar-refractivity contribution in [3.05, 3.63) is 0 Å². The van der Waals surface area contributed by atoms with Gasteiger partial charge in [-0.05, 0) is 43.3 Å². The molecule has 2 nitrogen and oxygen atoms in total. The van der Waals surface area contributed by atoms with Crippen LogP contribution in [0.4, 0.5) is 0 Å². The molecular formula is C13H27NOS. The van der Waals surface area contributed by atoms with Crippen LogP contribution in [0, 0.1) is 11.8 Å². The lowest BCUT2D eigenvalue weighted by Gasteiger charge is -2.33. The van der Waals surface area contributed by atoms with Crippen molar-refractivity contribution in [3.63, 3.8) is 0 Å². The van der Waals surface area contributed by atoms with Gasteiger partial charge in [-0.25, -0.2) is 0 Å². The van der Waals surface area contributed by atoms with Gasteiger partial charge in [0.15, 0.2) is 0 Å². The van der Waals surface area contributed by atoms with Crippen molar-refractivity contribution < 1.29 is 5.11 Å². The van der Waals surface area contributed by atoms with Crippen molar-refractivity contribution in [2.75, 3.05) is 24.7 Å². The topological polar surface area (TPSA) is 32.3 Å². The molecule has 1 fully saturated rings. The lowest BCUT2D eigenvalue weighted by atomic mass is 9.80. The Kier molecular flexibility index (Phi) is 7.50. The lowest BCUT2D eigenvalue weighted by molar-refractivity contribution is 0.231. The first-order chi connectivity index (χ1) is 7.74. The predicted molar refractivity (Wildman–Crippen MR) is 73.0 cm³/mol. The van der Waals surface area contributed by atoms with E-state index in [4.69, 9.17) is 5.11 Å². The largest absolute Gasteiger partial charge is 0.396 e. The van der Waals surface area contributed by atoms with Crippen molar-refractivity contribution in [2.45, 2.75) is 45.6 Å². The van der Waals surface area contributed by atoms with Gasteiger partial charge in [-0.3, -0.25) is 0 Å². The summed E-state index contributed by atoms with van der Waals surface area (Å²) in [5, 5.41) is 12.3. The van der Waals surface area contributed by atoms with Gasteiger partial charge in [-0.15, -0.1) is 0 Å². The number of thioether (sulfide) groups is 1. The van der Waals surface area contributed by atoms with E-state index in [1.165, 1.54) is 25.0 Å². The molecule has 96 valence electrons. The summed E-state index contributed by atoms with van der Waals surface area (Å²) in [6.45, 7) is 6.21. The van der Waals surface area contributed by atoms with Crippen molar-refractivity contribution >= 4 is 11.8 Å². The third-order valence-electron chi connectivity index (χ3n) is 3.53. The highest BCUT2D eigenvalue weighted by Gasteiger charge is 2.24. The third kappa shape index (κ3) is 5.55. The van der Waals surface area contributed by atoms with Crippen LogP contribution in [-0.2, 0) is 0 Å². The molecule has 1 aliphatic rings. The summed E-state index contributed by atoms with van der Waals surface area (Å²) in [6, 6.07) is 0.745. The van der Waals surface area contributed by atoms with Gasteiger partial charge in [-0.2, -0.15) is 11.8 Å². The molecule has 0 radical (unpaired) electrons. The summed E-state index contributed by atoms with van der Waals surface area (Å²) in [5.41, 5.74) is 0. The molecule has 0 aromatic heterocycles. The van der Waals surface area contributed by atoms with Gasteiger partial charge in [0.25, 0.3) is 0 Å². The maximum Gasteiger partial charge on any atom is 0.0438 e. The quantitative estimate of drug-likeness (QED) is 0.676. The monoisotopic (exact) mass is 245 g/mol. The molecule has 1 saturated carbocycles. The van der Waals surface area contributed by atoms with Crippen molar-refractivity contribution in [3.8, 4) is 0 Å². The molecule has 2 N–H and O–H groups in total. The highest BCUT2D eigenvalue weighted by Crippen LogP contribution is 2.28. The average Bonchev–Trinajstić information content (AvgIpc) is 2.26. The number of nitrogens with one attached hydrogen (secondary N) is 1. The first kappa shape index (κ1) is 14.3. The number of rotatable bonds is 7. The Bertz CT molecular complexity index is 177. The Morgan fingerprint density at radius 2 is 2.06 bits per heavy atom. The molecule has 16 heavy (non-hydrogen) atoms. The zero-order valence-electron chi connectivity index (χ0n) is 10.7. The SMILES string of the molecule is CC1CCC(NCCSCCCO)C(C)C1. The second-order valence-corrected chi connectivity index (χ2v) is 6.37. The fourth-order valence-corrected chi connectivity index (χ4v) is 3.35. The number of aliphatic hydroxyl groups excluding tert-OH is 1. The summed E-state index contributed by atoms with van der Waals surface area (Å²) in [4.78, 5) is 0. The molecular weight excluding hydrogens is 218 g/mol. The molecule has 0 aliphatic heterocycles. The van der Waals surface area contributed by atoms with E-state index in [9.17, 15) is 0 Å².